The third-order valence-electron chi connectivity index (χ3n) is 21.8. The predicted octanol–water partition coefficient (Wildman–Crippen LogP) is 14.0. The molecular weight excluding hydrogens is 1290 g/mol. The number of nitrogens with one attached hydrogen (secondary N) is 1. The molecule has 2 unspecified atom stereocenters. The molecule has 0 saturated carbocycles. The Morgan fingerprint density at radius 3 is 2.12 bits per heavy atom. The summed E-state index contributed by atoms with van der Waals surface area (Å²) in [6.07, 6.45) is 6.02. The number of rotatable bonds is 18. The molecule has 5 aliphatic rings. The minimum atomic E-state index is -2.36. The third kappa shape index (κ3) is 14.6. The summed E-state index contributed by atoms with van der Waals surface area (Å²) in [5.41, 5.74) is 8.75. The third-order valence-corrected chi connectivity index (χ3v) is 29.1. The standard InChI is InChI=1S/C76H97F2N11O8SSi/c1-43(2)65(73(93)88-41-57(91)36-62(88)72(92)81-47(9)49-14-16-52(17-15-49)70-48(10)80-42-98-70)63-37-64(84-97-63)86-29-24-51(25-30-86)50-22-27-85(28-23-50)31-32-95-74-82-69-60(71(83-74)87-39-54-19-20-55(40-87)89(54)75(94)96-76(11,12)13)38-79-68(67(69)78)59-35-56(90)34-53-18-21-61(77)58(66(53)59)26-33-99(44(3)4,45(5)6)46(7)8/h14-18,21,34-35,37-38,42-47,50-51,54-55,57,62,65,90-91H,19-20,22-25,27-32,36,39-41H2,1-13H3,(H,81,92)/t47-,54?,55?,57+,62-,65+/m0/s1. The van der Waals surface area contributed by atoms with E-state index in [-0.39, 0.29) is 112 Å². The minimum absolute atomic E-state index is 0.00918. The number of carbonyl (C=O) groups excluding carboxylic acids is 3. The summed E-state index contributed by atoms with van der Waals surface area (Å²) < 4.78 is 52.8. The number of pyridine rings is 1. The number of benzene rings is 3. The van der Waals surface area contributed by atoms with Crippen molar-refractivity contribution in [3.8, 4) is 44.9 Å². The molecule has 3 N–H and O–H groups in total. The first kappa shape index (κ1) is 71.1. The summed E-state index contributed by atoms with van der Waals surface area (Å²) in [6, 6.07) is 14.3. The quantitative estimate of drug-likeness (QED) is 0.0538. The van der Waals surface area contributed by atoms with Crippen LogP contribution in [0, 0.1) is 47.8 Å². The van der Waals surface area contributed by atoms with Gasteiger partial charge in [-0.05, 0) is 155 Å². The number of fused-ring (bicyclic) bond motifs is 4. The van der Waals surface area contributed by atoms with Crippen molar-refractivity contribution in [2.75, 3.05) is 68.8 Å². The summed E-state index contributed by atoms with van der Waals surface area (Å²) in [5, 5.41) is 30.9. The lowest BCUT2D eigenvalue weighted by Crippen LogP contribution is -2.57. The number of hydrogen-bond acceptors (Lipinski definition) is 17. The second kappa shape index (κ2) is 29.1. The zero-order valence-corrected chi connectivity index (χ0v) is 61.4. The number of amides is 3. The van der Waals surface area contributed by atoms with Crippen LogP contribution in [0.4, 0.5) is 25.2 Å². The van der Waals surface area contributed by atoms with Crippen molar-refractivity contribution in [3.63, 3.8) is 0 Å². The van der Waals surface area contributed by atoms with Crippen molar-refractivity contribution >= 4 is 70.6 Å². The lowest BCUT2D eigenvalue weighted by atomic mass is 9.79. The van der Waals surface area contributed by atoms with Gasteiger partial charge in [0.25, 0.3) is 0 Å². The smallest absolute Gasteiger partial charge is 0.410 e. The van der Waals surface area contributed by atoms with Gasteiger partial charge in [-0.15, -0.1) is 16.9 Å². The molecule has 9 heterocycles. The van der Waals surface area contributed by atoms with E-state index >= 15 is 8.78 Å². The van der Waals surface area contributed by atoms with Crippen molar-refractivity contribution in [2.45, 2.75) is 193 Å². The Labute approximate surface area is 585 Å². The number of ether oxygens (including phenoxy) is 2. The van der Waals surface area contributed by atoms with Crippen LogP contribution in [0.25, 0.3) is 43.4 Å². The molecule has 2 bridgehead atoms. The molecule has 3 aromatic carbocycles. The van der Waals surface area contributed by atoms with Gasteiger partial charge in [-0.1, -0.05) is 96.8 Å². The number of phenolic OH excluding ortho intramolecular Hbond substituents is 1. The second-order valence-electron chi connectivity index (χ2n) is 30.5. The number of phenols is 1. The highest BCUT2D eigenvalue weighted by Crippen LogP contribution is 2.45. The van der Waals surface area contributed by atoms with Crippen molar-refractivity contribution in [2.24, 2.45) is 17.8 Å². The van der Waals surface area contributed by atoms with Gasteiger partial charge in [-0.2, -0.15) is 9.97 Å². The molecule has 0 spiro atoms. The van der Waals surface area contributed by atoms with E-state index in [1.807, 2.05) is 89.2 Å². The Morgan fingerprint density at radius 2 is 1.49 bits per heavy atom. The van der Waals surface area contributed by atoms with Crippen LogP contribution in [-0.4, -0.2) is 165 Å². The van der Waals surface area contributed by atoms with Crippen LogP contribution in [0.15, 0.2) is 70.8 Å². The Hall–Kier alpha value is -7.78. The van der Waals surface area contributed by atoms with Gasteiger partial charge in [0.15, 0.2) is 17.4 Å². The number of aryl methyl sites for hydroxylation is 1. The van der Waals surface area contributed by atoms with Crippen molar-refractivity contribution in [3.05, 3.63) is 101 Å². The molecule has 7 aromatic rings. The topological polar surface area (TPSA) is 216 Å². The SMILES string of the molecule is Cc1ncsc1-c1ccc([C@H](C)NC(=O)[C@@H]2C[C@@H](O)CN2C(=O)[C@@H](c2cc(N3CCC(C4CCN(CCOc5nc(N6CC7CCC(C6)N7C(=O)OC(C)(C)C)c6cnc(-c7cc(O)cc8ccc(F)c(C#C[Si](C(C)C)(C(C)C)C(C)C)c78)c(F)c6n5)CC4)CC3)no2)C(C)C)cc1. The molecule has 0 aliphatic carbocycles. The Morgan fingerprint density at radius 1 is 0.828 bits per heavy atom. The fraction of sp³-hybridized carbons (Fsp3) is 0.553. The first-order chi connectivity index (χ1) is 47.2. The fourth-order valence-corrected chi connectivity index (χ4v) is 22.8. The fourth-order valence-electron chi connectivity index (χ4n) is 16.7. The molecule has 12 rings (SSSR count). The molecule has 528 valence electrons. The van der Waals surface area contributed by atoms with Gasteiger partial charge in [0.1, 0.15) is 60.8 Å². The van der Waals surface area contributed by atoms with E-state index in [0.29, 0.717) is 65.0 Å². The van der Waals surface area contributed by atoms with Gasteiger partial charge in [0, 0.05) is 68.9 Å². The Bertz CT molecular complexity index is 4130. The second-order valence-corrected chi connectivity index (χ2v) is 37.0. The van der Waals surface area contributed by atoms with E-state index in [1.54, 1.807) is 23.6 Å². The summed E-state index contributed by atoms with van der Waals surface area (Å²) in [7, 11) is -2.36. The molecule has 5 aliphatic heterocycles. The average molecular weight is 1390 g/mol. The largest absolute Gasteiger partial charge is 0.508 e. The van der Waals surface area contributed by atoms with Gasteiger partial charge >= 0.3 is 12.1 Å². The van der Waals surface area contributed by atoms with Crippen molar-refractivity contribution < 1.29 is 47.4 Å². The van der Waals surface area contributed by atoms with Crippen LogP contribution in [-0.2, 0) is 14.3 Å². The van der Waals surface area contributed by atoms with E-state index < -0.39 is 43.4 Å². The number of carbonyl (C=O) groups is 3. The van der Waals surface area contributed by atoms with Gasteiger partial charge in [-0.3, -0.25) is 24.4 Å². The van der Waals surface area contributed by atoms with Gasteiger partial charge in [0.2, 0.25) is 11.8 Å². The number of aromatic hydroxyl groups is 1. The molecule has 3 amide bonds. The van der Waals surface area contributed by atoms with Gasteiger partial charge < -0.3 is 44.2 Å². The zero-order valence-electron chi connectivity index (χ0n) is 59.6. The number of aliphatic hydroxyl groups is 1. The molecule has 23 heteroatoms. The van der Waals surface area contributed by atoms with Crippen LogP contribution >= 0.6 is 11.3 Å². The number of piperazine rings is 1. The molecule has 99 heavy (non-hydrogen) atoms. The Kier molecular flexibility index (Phi) is 20.9. The number of β-amino-alcohol motifs (C(OH)–C–C–N with tert-alkyl or cyclic N) is 1. The van der Waals surface area contributed by atoms with Crippen molar-refractivity contribution in [1.82, 2.24) is 45.1 Å². The van der Waals surface area contributed by atoms with Crippen LogP contribution in [0.3, 0.4) is 0 Å². The van der Waals surface area contributed by atoms with Crippen LogP contribution in [0.2, 0.25) is 16.6 Å². The van der Waals surface area contributed by atoms with E-state index in [2.05, 4.69) is 83.2 Å². The first-order valence-electron chi connectivity index (χ1n) is 35.6. The van der Waals surface area contributed by atoms with Crippen LogP contribution in [0.1, 0.15) is 163 Å². The van der Waals surface area contributed by atoms with E-state index in [0.717, 1.165) is 86.4 Å². The highest BCUT2D eigenvalue weighted by molar-refractivity contribution is 7.13. The highest BCUT2D eigenvalue weighted by atomic mass is 32.1. The lowest BCUT2D eigenvalue weighted by Gasteiger charge is -2.42. The van der Waals surface area contributed by atoms with E-state index in [9.17, 15) is 24.6 Å². The predicted molar refractivity (Wildman–Crippen MR) is 386 cm³/mol. The number of aromatic nitrogens is 5. The van der Waals surface area contributed by atoms with Gasteiger partial charge in [-0.25, -0.2) is 18.6 Å². The summed E-state index contributed by atoms with van der Waals surface area (Å²) in [5.74, 6) is 2.98. The molecule has 5 fully saturated rings. The summed E-state index contributed by atoms with van der Waals surface area (Å²) in [6.45, 7) is 31.6. The molecule has 6 atom stereocenters. The first-order valence-corrected chi connectivity index (χ1v) is 38.8. The summed E-state index contributed by atoms with van der Waals surface area (Å²) >= 11 is 1.59. The normalized spacial score (nSPS) is 20.4. The maximum Gasteiger partial charge on any atom is 0.410 e. The van der Waals surface area contributed by atoms with Gasteiger partial charge in [0.05, 0.1) is 51.3 Å². The lowest BCUT2D eigenvalue weighted by molar-refractivity contribution is -0.141. The number of nitrogens with zero attached hydrogens (tertiary/aromatic N) is 10. The average Bonchev–Trinajstić information content (AvgIpc) is 0.936. The number of aliphatic hydroxyl groups excluding tert-OH is 1. The highest BCUT2D eigenvalue weighted by Gasteiger charge is 2.47. The zero-order chi connectivity index (χ0) is 70.5. The van der Waals surface area contributed by atoms with Crippen LogP contribution in [0.5, 0.6) is 11.8 Å². The number of halogens is 2. The van der Waals surface area contributed by atoms with E-state index in [1.165, 1.54) is 23.1 Å². The molecule has 5 saturated heterocycles. The Balaban J connectivity index is 0.705. The molecule has 0 radical (unpaired) electrons. The van der Waals surface area contributed by atoms with E-state index in [4.69, 9.17) is 28.9 Å². The number of thiazole rings is 1. The van der Waals surface area contributed by atoms with Crippen LogP contribution < -0.4 is 19.9 Å². The number of piperidine rings is 2. The summed E-state index contributed by atoms with van der Waals surface area (Å²) in [4.78, 5) is 72.2. The van der Waals surface area contributed by atoms with Crippen molar-refractivity contribution in [1.29, 1.82) is 0 Å². The number of likely N-dealkylation sites (tertiary alicyclic amines) is 2. The minimum Gasteiger partial charge on any atom is -0.508 e. The number of hydrogen-bond donors (Lipinski definition) is 3. The molecule has 4 aromatic heterocycles. The number of anilines is 2. The molecule has 19 nitrogen and oxygen atoms in total. The maximum absolute atomic E-state index is 18.0. The monoisotopic (exact) mass is 1390 g/mol. The molecular formula is C76H97F2N11O8SSi. The maximum atomic E-state index is 18.0.